The number of hydrogen-bond donors (Lipinski definition) is 0. The molecule has 0 N–H and O–H groups in total. The van der Waals surface area contributed by atoms with Crippen molar-refractivity contribution in [1.82, 2.24) is 14.8 Å². The molecule has 1 atom stereocenters. The maximum Gasteiger partial charge on any atom is 0.417 e. The van der Waals surface area contributed by atoms with Gasteiger partial charge in [-0.15, -0.1) is 0 Å². The number of nitrogens with zero attached hydrogens (tertiary/aromatic N) is 4. The van der Waals surface area contributed by atoms with Crippen LogP contribution in [-0.2, 0) is 23.1 Å². The van der Waals surface area contributed by atoms with Crippen LogP contribution in [0.5, 0.6) is 0 Å². The fourth-order valence-corrected chi connectivity index (χ4v) is 4.07. The molecule has 2 aromatic heterocycles. The molecule has 150 valence electrons. The average Bonchev–Trinajstić information content (AvgIpc) is 3.02. The third kappa shape index (κ3) is 3.97. The summed E-state index contributed by atoms with van der Waals surface area (Å²) in [6, 6.07) is 2.43. The van der Waals surface area contributed by atoms with E-state index in [2.05, 4.69) is 15.1 Å². The van der Waals surface area contributed by atoms with Gasteiger partial charge in [-0.2, -0.15) is 18.3 Å². The molecule has 3 rings (SSSR count). The Balaban J connectivity index is 2.08. The van der Waals surface area contributed by atoms with E-state index in [1.54, 1.807) is 7.05 Å². The summed E-state index contributed by atoms with van der Waals surface area (Å²) in [7, 11) is -2.03. The number of allylic oxidation sites excluding steroid dienone is 1. The zero-order valence-electron chi connectivity index (χ0n) is 14.9. The summed E-state index contributed by atoms with van der Waals surface area (Å²) in [6.07, 6.45) is -0.758. The standard InChI is InChI=1S/C17H16ClF3N4O2S/c1-3-28(26,27)14-4-5-15(18)23-16(14)12-7-13(25(2)24-12)10-6-11(9-22-8-10)17(19,20)21/h4,6-9,15H,3,5H2,1-2H3. The van der Waals surface area contributed by atoms with Crippen LogP contribution >= 0.6 is 11.6 Å². The van der Waals surface area contributed by atoms with Crippen molar-refractivity contribution in [2.24, 2.45) is 12.0 Å². The van der Waals surface area contributed by atoms with Crippen LogP contribution in [0.15, 0.2) is 40.5 Å². The number of aliphatic imine (C=N–C) groups is 1. The lowest BCUT2D eigenvalue weighted by molar-refractivity contribution is -0.137. The van der Waals surface area contributed by atoms with E-state index >= 15 is 0 Å². The van der Waals surface area contributed by atoms with E-state index in [0.29, 0.717) is 5.69 Å². The topological polar surface area (TPSA) is 77.2 Å². The van der Waals surface area contributed by atoms with Gasteiger partial charge < -0.3 is 0 Å². The Morgan fingerprint density at radius 2 is 2.00 bits per heavy atom. The lowest BCUT2D eigenvalue weighted by Crippen LogP contribution is -2.22. The summed E-state index contributed by atoms with van der Waals surface area (Å²) >= 11 is 6.06. The van der Waals surface area contributed by atoms with Gasteiger partial charge in [0.2, 0.25) is 0 Å². The van der Waals surface area contributed by atoms with Gasteiger partial charge in [0.25, 0.3) is 0 Å². The van der Waals surface area contributed by atoms with Crippen molar-refractivity contribution in [2.45, 2.75) is 25.0 Å². The molecule has 1 aliphatic heterocycles. The van der Waals surface area contributed by atoms with Crippen LogP contribution in [0.25, 0.3) is 11.3 Å². The second-order valence-corrected chi connectivity index (χ2v) is 8.87. The van der Waals surface area contributed by atoms with E-state index in [1.807, 2.05) is 0 Å². The number of aryl methyl sites for hydroxylation is 1. The number of dihydropyridines is 1. The Hall–Kier alpha value is -2.20. The van der Waals surface area contributed by atoms with Crippen molar-refractivity contribution in [1.29, 1.82) is 0 Å². The highest BCUT2D eigenvalue weighted by Crippen LogP contribution is 2.32. The summed E-state index contributed by atoms with van der Waals surface area (Å²) in [5, 5.41) is 4.25. The first kappa shape index (κ1) is 20.5. The fraction of sp³-hybridized carbons (Fsp3) is 0.353. The van der Waals surface area contributed by atoms with Crippen molar-refractivity contribution in [3.63, 3.8) is 0 Å². The second-order valence-electron chi connectivity index (χ2n) is 6.12. The molecule has 0 spiro atoms. The minimum atomic E-state index is -4.53. The van der Waals surface area contributed by atoms with Crippen LogP contribution in [0, 0.1) is 0 Å². The zero-order chi connectivity index (χ0) is 20.7. The van der Waals surface area contributed by atoms with Gasteiger partial charge in [-0.3, -0.25) is 14.7 Å². The number of alkyl halides is 4. The Bertz CT molecular complexity index is 1070. The third-order valence-electron chi connectivity index (χ3n) is 4.20. The van der Waals surface area contributed by atoms with Gasteiger partial charge in [0.05, 0.1) is 21.9 Å². The molecule has 11 heteroatoms. The molecule has 0 saturated heterocycles. The highest BCUT2D eigenvalue weighted by Gasteiger charge is 2.32. The average molecular weight is 433 g/mol. The first-order valence-corrected chi connectivity index (χ1v) is 10.3. The summed E-state index contributed by atoms with van der Waals surface area (Å²) in [5.74, 6) is -0.123. The summed E-state index contributed by atoms with van der Waals surface area (Å²) in [5.41, 5.74) is -0.692. The van der Waals surface area contributed by atoms with Crippen molar-refractivity contribution in [2.75, 3.05) is 5.75 Å². The maximum absolute atomic E-state index is 13.0. The third-order valence-corrected chi connectivity index (χ3v) is 6.27. The highest BCUT2D eigenvalue weighted by atomic mass is 35.5. The number of halogens is 4. The molecule has 0 aliphatic carbocycles. The van der Waals surface area contributed by atoms with Gasteiger partial charge in [0.1, 0.15) is 16.9 Å². The highest BCUT2D eigenvalue weighted by molar-refractivity contribution is 7.96. The lowest BCUT2D eigenvalue weighted by atomic mass is 10.1. The first-order valence-electron chi connectivity index (χ1n) is 8.25. The largest absolute Gasteiger partial charge is 0.417 e. The van der Waals surface area contributed by atoms with Crippen LogP contribution in [0.4, 0.5) is 13.2 Å². The van der Waals surface area contributed by atoms with Gasteiger partial charge in [-0.25, -0.2) is 8.42 Å². The zero-order valence-corrected chi connectivity index (χ0v) is 16.5. The summed E-state index contributed by atoms with van der Waals surface area (Å²) < 4.78 is 65.1. The molecule has 28 heavy (non-hydrogen) atoms. The van der Waals surface area contributed by atoms with Crippen molar-refractivity contribution < 1.29 is 21.6 Å². The smallest absolute Gasteiger partial charge is 0.267 e. The minimum Gasteiger partial charge on any atom is -0.267 e. The molecule has 2 aromatic rings. The summed E-state index contributed by atoms with van der Waals surface area (Å²) in [4.78, 5) is 7.89. The van der Waals surface area contributed by atoms with Crippen molar-refractivity contribution in [3.8, 4) is 11.3 Å². The minimum absolute atomic E-state index is 0.0266. The van der Waals surface area contributed by atoms with Gasteiger partial charge >= 0.3 is 6.18 Å². The lowest BCUT2D eigenvalue weighted by Gasteiger charge is -2.16. The van der Waals surface area contributed by atoms with E-state index in [9.17, 15) is 21.6 Å². The molecule has 0 saturated carbocycles. The molecule has 0 bridgehead atoms. The normalized spacial score (nSPS) is 18.0. The first-order chi connectivity index (χ1) is 13.0. The quantitative estimate of drug-likeness (QED) is 0.546. The SMILES string of the molecule is CCS(=O)(=O)C1=CCC(Cl)N=C1c1cc(-c2cncc(C(F)(F)F)c2)n(C)n1. The molecule has 0 fully saturated rings. The van der Waals surface area contributed by atoms with Gasteiger partial charge in [-0.05, 0) is 12.1 Å². The predicted octanol–water partition coefficient (Wildman–Crippen LogP) is 3.58. The number of rotatable bonds is 4. The van der Waals surface area contributed by atoms with Crippen molar-refractivity contribution in [3.05, 3.63) is 46.8 Å². The van der Waals surface area contributed by atoms with E-state index in [4.69, 9.17) is 11.6 Å². The van der Waals surface area contributed by atoms with Gasteiger partial charge in [0.15, 0.2) is 9.84 Å². The predicted molar refractivity (Wildman–Crippen MR) is 99.8 cm³/mol. The Morgan fingerprint density at radius 1 is 1.29 bits per heavy atom. The number of aromatic nitrogens is 3. The monoisotopic (exact) mass is 432 g/mol. The molecular weight excluding hydrogens is 417 g/mol. The van der Waals surface area contributed by atoms with Gasteiger partial charge in [-0.1, -0.05) is 24.6 Å². The van der Waals surface area contributed by atoms with E-state index < -0.39 is 27.1 Å². The van der Waals surface area contributed by atoms with Gasteiger partial charge in [0, 0.05) is 31.4 Å². The molecule has 6 nitrogen and oxygen atoms in total. The Labute approximate surface area is 164 Å². The van der Waals surface area contributed by atoms with Crippen molar-refractivity contribution >= 4 is 27.1 Å². The Morgan fingerprint density at radius 3 is 2.64 bits per heavy atom. The fourth-order valence-electron chi connectivity index (χ4n) is 2.77. The van der Waals surface area contributed by atoms with Crippen LogP contribution in [0.2, 0.25) is 0 Å². The number of hydrogen-bond acceptors (Lipinski definition) is 5. The number of pyridine rings is 1. The number of sulfone groups is 1. The van der Waals surface area contributed by atoms with E-state index in [-0.39, 0.29) is 34.0 Å². The second kappa shape index (κ2) is 7.32. The molecule has 0 amide bonds. The summed E-state index contributed by atoms with van der Waals surface area (Å²) in [6.45, 7) is 1.51. The van der Waals surface area contributed by atoms with Crippen LogP contribution in [0.3, 0.4) is 0 Å². The molecule has 0 radical (unpaired) electrons. The molecular formula is C17H16ClF3N4O2S. The van der Waals surface area contributed by atoms with Crippen LogP contribution in [-0.4, -0.2) is 40.1 Å². The van der Waals surface area contributed by atoms with E-state index in [1.165, 1.54) is 29.9 Å². The van der Waals surface area contributed by atoms with Crippen LogP contribution in [0.1, 0.15) is 24.6 Å². The Kier molecular flexibility index (Phi) is 5.37. The molecule has 0 aromatic carbocycles. The van der Waals surface area contributed by atoms with Crippen LogP contribution < -0.4 is 0 Å². The maximum atomic E-state index is 13.0. The van der Waals surface area contributed by atoms with E-state index in [0.717, 1.165) is 12.3 Å². The molecule has 1 unspecified atom stereocenters. The molecule has 3 heterocycles. The molecule has 1 aliphatic rings.